The number of halogens is 1. The van der Waals surface area contributed by atoms with E-state index in [1.807, 2.05) is 28.8 Å². The van der Waals surface area contributed by atoms with Gasteiger partial charge in [-0.15, -0.1) is 0 Å². The largest absolute Gasteiger partial charge is 0.306 e. The van der Waals surface area contributed by atoms with Crippen LogP contribution in [0.1, 0.15) is 5.69 Å². The molecule has 0 aliphatic heterocycles. The number of fused-ring (bicyclic) bond motifs is 1. The predicted molar refractivity (Wildman–Crippen MR) is 68.7 cm³/mol. The fourth-order valence-corrected chi connectivity index (χ4v) is 1.81. The summed E-state index contributed by atoms with van der Waals surface area (Å²) >= 11 is 0. The molecular weight excluding hydrogens is 247 g/mol. The molecule has 0 amide bonds. The summed E-state index contributed by atoms with van der Waals surface area (Å²) in [5.41, 5.74) is 3.77. The van der Waals surface area contributed by atoms with Gasteiger partial charge in [-0.3, -0.25) is 0 Å². The van der Waals surface area contributed by atoms with Gasteiger partial charge in [0.15, 0.2) is 17.5 Å². The number of nitrogens with zero attached hydrogens (tertiary/aromatic N) is 4. The Hall–Kier alpha value is -2.54. The lowest BCUT2D eigenvalue weighted by Gasteiger charge is -2.05. The van der Waals surface area contributed by atoms with E-state index < -0.39 is 5.82 Å². The highest BCUT2D eigenvalue weighted by Crippen LogP contribution is 2.20. The Bertz CT molecular complexity index is 718. The number of rotatable bonds is 2. The maximum Gasteiger partial charge on any atom is 0.187 e. The predicted octanol–water partition coefficient (Wildman–Crippen LogP) is 1.52. The summed E-state index contributed by atoms with van der Waals surface area (Å²) in [6.45, 7) is 1.55. The number of aromatic nitrogens is 4. The highest BCUT2D eigenvalue weighted by molar-refractivity contribution is 5.57. The van der Waals surface area contributed by atoms with Crippen molar-refractivity contribution in [3.8, 4) is 11.5 Å². The number of nitrogen functional groups attached to an aromatic ring is 1. The van der Waals surface area contributed by atoms with Gasteiger partial charge in [0.25, 0.3) is 0 Å². The molecule has 3 aromatic heterocycles. The third-order valence-electron chi connectivity index (χ3n) is 2.75. The number of hydrogen-bond donors (Lipinski definition) is 2. The summed E-state index contributed by atoms with van der Waals surface area (Å²) in [5, 5.41) is 0. The molecule has 19 heavy (non-hydrogen) atoms. The Morgan fingerprint density at radius 3 is 2.84 bits per heavy atom. The number of nitrogens with one attached hydrogen (secondary N) is 1. The molecule has 96 valence electrons. The molecule has 0 fully saturated rings. The van der Waals surface area contributed by atoms with Crippen LogP contribution in [0, 0.1) is 12.7 Å². The zero-order valence-corrected chi connectivity index (χ0v) is 10.1. The number of imidazole rings is 1. The Kier molecular flexibility index (Phi) is 2.60. The second-order valence-corrected chi connectivity index (χ2v) is 4.03. The van der Waals surface area contributed by atoms with Crippen LogP contribution in [0.15, 0.2) is 30.6 Å². The highest BCUT2D eigenvalue weighted by atomic mass is 19.1. The zero-order valence-electron chi connectivity index (χ0n) is 10.1. The van der Waals surface area contributed by atoms with Crippen LogP contribution < -0.4 is 11.3 Å². The average molecular weight is 258 g/mol. The molecule has 0 radical (unpaired) electrons. The molecule has 0 spiro atoms. The van der Waals surface area contributed by atoms with Crippen molar-refractivity contribution in [1.29, 1.82) is 0 Å². The maximum absolute atomic E-state index is 13.6. The highest BCUT2D eigenvalue weighted by Gasteiger charge is 2.13. The normalized spacial score (nSPS) is 10.9. The quantitative estimate of drug-likeness (QED) is 0.538. The summed E-state index contributed by atoms with van der Waals surface area (Å²) < 4.78 is 15.4. The number of nitrogens with two attached hydrogens (primary N) is 1. The first-order chi connectivity index (χ1) is 9.19. The van der Waals surface area contributed by atoms with Crippen LogP contribution in [0.5, 0.6) is 0 Å². The Morgan fingerprint density at radius 1 is 1.26 bits per heavy atom. The minimum absolute atomic E-state index is 0.0421. The summed E-state index contributed by atoms with van der Waals surface area (Å²) in [7, 11) is 0. The molecule has 0 unspecified atom stereocenters. The lowest BCUT2D eigenvalue weighted by Crippen LogP contribution is -2.13. The molecule has 6 nitrogen and oxygen atoms in total. The van der Waals surface area contributed by atoms with E-state index in [4.69, 9.17) is 5.84 Å². The van der Waals surface area contributed by atoms with Gasteiger partial charge in [-0.2, -0.15) is 0 Å². The van der Waals surface area contributed by atoms with Crippen molar-refractivity contribution in [1.82, 2.24) is 19.4 Å². The van der Waals surface area contributed by atoms with Crippen LogP contribution in [0.25, 0.3) is 17.2 Å². The molecule has 3 rings (SSSR count). The van der Waals surface area contributed by atoms with Crippen molar-refractivity contribution in [2.45, 2.75) is 6.92 Å². The van der Waals surface area contributed by atoms with Crippen LogP contribution in [0.2, 0.25) is 0 Å². The van der Waals surface area contributed by atoms with Crippen molar-refractivity contribution in [3.63, 3.8) is 0 Å². The van der Waals surface area contributed by atoms with Gasteiger partial charge >= 0.3 is 0 Å². The Morgan fingerprint density at radius 2 is 2.11 bits per heavy atom. The van der Waals surface area contributed by atoms with E-state index in [1.165, 1.54) is 0 Å². The monoisotopic (exact) mass is 258 g/mol. The summed E-state index contributed by atoms with van der Waals surface area (Å²) in [6, 6.07) is 5.64. The van der Waals surface area contributed by atoms with Crippen molar-refractivity contribution < 1.29 is 4.39 Å². The van der Waals surface area contributed by atoms with Crippen LogP contribution >= 0.6 is 0 Å². The van der Waals surface area contributed by atoms with Crippen molar-refractivity contribution in [2.24, 2.45) is 5.84 Å². The van der Waals surface area contributed by atoms with Crippen molar-refractivity contribution in [2.75, 3.05) is 5.43 Å². The fraction of sp³-hybridized carbons (Fsp3) is 0.0833. The van der Waals surface area contributed by atoms with E-state index in [0.29, 0.717) is 11.5 Å². The number of pyridine rings is 1. The van der Waals surface area contributed by atoms with Gasteiger partial charge in [0.1, 0.15) is 11.3 Å². The van der Waals surface area contributed by atoms with Gasteiger partial charge in [-0.25, -0.2) is 25.2 Å². The number of hydrogen-bond acceptors (Lipinski definition) is 5. The minimum atomic E-state index is -0.560. The van der Waals surface area contributed by atoms with Crippen LogP contribution in [-0.2, 0) is 0 Å². The molecule has 0 saturated heterocycles. The zero-order chi connectivity index (χ0) is 13.4. The fourth-order valence-electron chi connectivity index (χ4n) is 1.81. The molecule has 0 saturated carbocycles. The lowest BCUT2D eigenvalue weighted by molar-refractivity contribution is 0.606. The van der Waals surface area contributed by atoms with E-state index in [0.717, 1.165) is 5.65 Å². The molecule has 3 aromatic rings. The van der Waals surface area contributed by atoms with E-state index in [-0.39, 0.29) is 11.5 Å². The van der Waals surface area contributed by atoms with Gasteiger partial charge in [-0.05, 0) is 19.1 Å². The minimum Gasteiger partial charge on any atom is -0.306 e. The molecule has 0 aliphatic carbocycles. The topological polar surface area (TPSA) is 81.1 Å². The first-order valence-corrected chi connectivity index (χ1v) is 5.64. The third kappa shape index (κ3) is 1.89. The first kappa shape index (κ1) is 11.5. The molecule has 0 aliphatic rings. The van der Waals surface area contributed by atoms with Crippen LogP contribution in [0.3, 0.4) is 0 Å². The Balaban J connectivity index is 2.18. The molecule has 0 atom stereocenters. The average Bonchev–Trinajstić information content (AvgIpc) is 2.85. The molecule has 0 bridgehead atoms. The van der Waals surface area contributed by atoms with Crippen molar-refractivity contribution in [3.05, 3.63) is 42.1 Å². The van der Waals surface area contributed by atoms with Gasteiger partial charge in [0, 0.05) is 12.4 Å². The third-order valence-corrected chi connectivity index (χ3v) is 2.75. The van der Waals surface area contributed by atoms with Gasteiger partial charge < -0.3 is 9.83 Å². The summed E-state index contributed by atoms with van der Waals surface area (Å²) in [6.07, 6.45) is 3.65. The Labute approximate surface area is 108 Å². The second kappa shape index (κ2) is 4.29. The van der Waals surface area contributed by atoms with Crippen LogP contribution in [0.4, 0.5) is 10.2 Å². The van der Waals surface area contributed by atoms with Gasteiger partial charge in [-0.1, -0.05) is 6.07 Å². The molecule has 7 heteroatoms. The van der Waals surface area contributed by atoms with E-state index >= 15 is 0 Å². The number of aryl methyl sites for hydroxylation is 1. The first-order valence-electron chi connectivity index (χ1n) is 5.64. The van der Waals surface area contributed by atoms with E-state index in [1.54, 1.807) is 13.1 Å². The van der Waals surface area contributed by atoms with Gasteiger partial charge in [0.2, 0.25) is 0 Å². The van der Waals surface area contributed by atoms with Crippen LogP contribution in [-0.4, -0.2) is 19.4 Å². The van der Waals surface area contributed by atoms with Gasteiger partial charge in [0.05, 0.1) is 5.69 Å². The summed E-state index contributed by atoms with van der Waals surface area (Å²) in [5.74, 6) is 4.96. The van der Waals surface area contributed by atoms with Crippen molar-refractivity contribution >= 4 is 11.5 Å². The number of anilines is 1. The lowest BCUT2D eigenvalue weighted by atomic mass is 10.3. The SMILES string of the molecule is Cc1nc(-c2cn3ccccc3n2)nc(NN)c1F. The molecular formula is C12H11FN6. The number of hydrazine groups is 1. The van der Waals surface area contributed by atoms with E-state index in [9.17, 15) is 4.39 Å². The maximum atomic E-state index is 13.6. The molecule has 3 N–H and O–H groups in total. The summed E-state index contributed by atoms with van der Waals surface area (Å²) in [4.78, 5) is 12.5. The smallest absolute Gasteiger partial charge is 0.187 e. The standard InChI is InChI=1S/C12H11FN6/c1-7-10(13)12(18-14)17-11(15-7)8-6-19-5-3-2-4-9(19)16-8/h2-6H,14H2,1H3,(H,15,17,18). The van der Waals surface area contributed by atoms with E-state index in [2.05, 4.69) is 20.4 Å². The second-order valence-electron chi connectivity index (χ2n) is 4.03. The molecule has 3 heterocycles. The molecule has 0 aromatic carbocycles.